The third-order valence-corrected chi connectivity index (χ3v) is 8.35. The van der Waals surface area contributed by atoms with Gasteiger partial charge in [0.25, 0.3) is 0 Å². The normalized spacial score (nSPS) is 15.8. The lowest BCUT2D eigenvalue weighted by Crippen LogP contribution is -2.28. The van der Waals surface area contributed by atoms with Crippen LogP contribution in [0.3, 0.4) is 0 Å². The first kappa shape index (κ1) is 25.2. The van der Waals surface area contributed by atoms with Crippen molar-refractivity contribution in [2.75, 3.05) is 19.7 Å². The zero-order chi connectivity index (χ0) is 23.5. The van der Waals surface area contributed by atoms with Crippen molar-refractivity contribution in [3.63, 3.8) is 0 Å². The maximum absolute atomic E-state index is 13.1. The number of unbranched alkanes of at least 4 members (excludes halogenated alkanes) is 1. The Labute approximate surface area is 197 Å². The van der Waals surface area contributed by atoms with Crippen LogP contribution in [-0.4, -0.2) is 44.4 Å². The third-order valence-electron chi connectivity index (χ3n) is 6.26. The second-order valence-corrected chi connectivity index (χ2v) is 11.1. The largest absolute Gasteiger partial charge is 0.493 e. The molecule has 7 heteroatoms. The topological polar surface area (TPSA) is 92.7 Å². The number of carboxylic acids is 1. The molecule has 0 radical (unpaired) electrons. The lowest BCUT2D eigenvalue weighted by Gasteiger charge is -2.22. The summed E-state index contributed by atoms with van der Waals surface area (Å²) in [5.74, 6) is 0.147. The Morgan fingerprint density at radius 3 is 2.45 bits per heavy atom. The molecule has 0 aromatic heterocycles. The molecule has 1 unspecified atom stereocenters. The molecule has 33 heavy (non-hydrogen) atoms. The number of carbonyl (C=O) groups is 1. The predicted molar refractivity (Wildman–Crippen MR) is 130 cm³/mol. The zero-order valence-corrected chi connectivity index (χ0v) is 19.9. The molecule has 0 bridgehead atoms. The molecule has 6 nitrogen and oxygen atoms in total. The number of hydrogen-bond acceptors (Lipinski definition) is 5. The van der Waals surface area contributed by atoms with Crippen LogP contribution in [0.5, 0.6) is 5.75 Å². The Kier molecular flexibility index (Phi) is 9.76. The number of ether oxygens (including phenoxy) is 1. The Morgan fingerprint density at radius 2 is 1.73 bits per heavy atom. The summed E-state index contributed by atoms with van der Waals surface area (Å²) in [6.07, 6.45) is 5.44. The average molecular weight is 474 g/mol. The molecule has 0 aliphatic carbocycles. The van der Waals surface area contributed by atoms with E-state index in [0.29, 0.717) is 17.9 Å². The van der Waals surface area contributed by atoms with E-state index in [1.807, 2.05) is 30.3 Å². The van der Waals surface area contributed by atoms with Gasteiger partial charge in [-0.15, -0.1) is 0 Å². The molecule has 0 amide bonds. The summed E-state index contributed by atoms with van der Waals surface area (Å²) in [4.78, 5) is 11.5. The number of aliphatic carboxylic acids is 1. The van der Waals surface area contributed by atoms with Gasteiger partial charge in [0.15, 0.2) is 9.84 Å². The highest BCUT2D eigenvalue weighted by atomic mass is 32.2. The van der Waals surface area contributed by atoms with Gasteiger partial charge >= 0.3 is 5.97 Å². The summed E-state index contributed by atoms with van der Waals surface area (Å²) in [6, 6.07) is 16.2. The van der Waals surface area contributed by atoms with Crippen molar-refractivity contribution in [3.05, 3.63) is 65.7 Å². The summed E-state index contributed by atoms with van der Waals surface area (Å²) in [5, 5.41) is 11.7. The first-order chi connectivity index (χ1) is 15.9. The monoisotopic (exact) mass is 473 g/mol. The lowest BCUT2D eigenvalue weighted by molar-refractivity contribution is -0.137. The second-order valence-electron chi connectivity index (χ2n) is 8.86. The van der Waals surface area contributed by atoms with Gasteiger partial charge < -0.3 is 15.2 Å². The molecule has 0 spiro atoms. The summed E-state index contributed by atoms with van der Waals surface area (Å²) in [5.41, 5.74) is 1.39. The van der Waals surface area contributed by atoms with E-state index in [-0.39, 0.29) is 12.2 Å². The SMILES string of the molecule is O=C(O)CC(Cc1ccccc1OCCCCC1CCNCC1)S(=O)(=O)Cc1ccccc1. The van der Waals surface area contributed by atoms with E-state index < -0.39 is 27.5 Å². The number of rotatable bonds is 13. The number of piperidine rings is 1. The van der Waals surface area contributed by atoms with Crippen molar-refractivity contribution < 1.29 is 23.1 Å². The second kappa shape index (κ2) is 12.8. The minimum absolute atomic E-state index is 0.118. The number of para-hydroxylation sites is 1. The van der Waals surface area contributed by atoms with Crippen LogP contribution in [0, 0.1) is 5.92 Å². The van der Waals surface area contributed by atoms with Gasteiger partial charge in [-0.05, 0) is 68.3 Å². The third kappa shape index (κ3) is 8.48. The van der Waals surface area contributed by atoms with E-state index in [1.54, 1.807) is 24.3 Å². The molecule has 1 saturated heterocycles. The van der Waals surface area contributed by atoms with Crippen LogP contribution in [0.2, 0.25) is 0 Å². The lowest BCUT2D eigenvalue weighted by atomic mass is 9.93. The van der Waals surface area contributed by atoms with E-state index in [4.69, 9.17) is 4.74 Å². The van der Waals surface area contributed by atoms with Gasteiger partial charge in [-0.25, -0.2) is 8.42 Å². The van der Waals surface area contributed by atoms with Crippen molar-refractivity contribution in [1.29, 1.82) is 0 Å². The van der Waals surface area contributed by atoms with Crippen LogP contribution in [0.4, 0.5) is 0 Å². The molecule has 2 N–H and O–H groups in total. The van der Waals surface area contributed by atoms with Gasteiger partial charge in [0.05, 0.1) is 24.0 Å². The van der Waals surface area contributed by atoms with Crippen molar-refractivity contribution in [1.82, 2.24) is 5.32 Å². The molecule has 1 heterocycles. The van der Waals surface area contributed by atoms with Crippen molar-refractivity contribution in [2.24, 2.45) is 5.92 Å². The van der Waals surface area contributed by atoms with Gasteiger partial charge in [0, 0.05) is 0 Å². The Morgan fingerprint density at radius 1 is 1.03 bits per heavy atom. The highest BCUT2D eigenvalue weighted by Gasteiger charge is 2.29. The Balaban J connectivity index is 1.60. The smallest absolute Gasteiger partial charge is 0.304 e. The number of carboxylic acid groups (broad SMARTS) is 1. The molecule has 1 fully saturated rings. The van der Waals surface area contributed by atoms with Crippen LogP contribution in [-0.2, 0) is 26.8 Å². The molecule has 1 aliphatic rings. The van der Waals surface area contributed by atoms with Gasteiger partial charge in [-0.1, -0.05) is 55.0 Å². The highest BCUT2D eigenvalue weighted by molar-refractivity contribution is 7.91. The molecule has 180 valence electrons. The fourth-order valence-corrected chi connectivity index (χ4v) is 6.11. The first-order valence-corrected chi connectivity index (χ1v) is 13.5. The van der Waals surface area contributed by atoms with Crippen LogP contribution < -0.4 is 10.1 Å². The van der Waals surface area contributed by atoms with Crippen molar-refractivity contribution >= 4 is 15.8 Å². The zero-order valence-electron chi connectivity index (χ0n) is 19.1. The van der Waals surface area contributed by atoms with Crippen LogP contribution in [0.15, 0.2) is 54.6 Å². The predicted octanol–water partition coefficient (Wildman–Crippen LogP) is 4.24. The van der Waals surface area contributed by atoms with Crippen LogP contribution in [0.1, 0.15) is 49.7 Å². The minimum atomic E-state index is -3.67. The van der Waals surface area contributed by atoms with Gasteiger partial charge in [-0.2, -0.15) is 0 Å². The van der Waals surface area contributed by atoms with Crippen molar-refractivity contribution in [3.8, 4) is 5.75 Å². The van der Waals surface area contributed by atoms with Crippen molar-refractivity contribution in [2.45, 2.75) is 55.9 Å². The number of nitrogens with one attached hydrogen (secondary N) is 1. The highest BCUT2D eigenvalue weighted by Crippen LogP contribution is 2.25. The molecule has 3 rings (SSSR count). The van der Waals surface area contributed by atoms with Gasteiger partial charge in [0.2, 0.25) is 0 Å². The summed E-state index contributed by atoms with van der Waals surface area (Å²) >= 11 is 0. The Hall–Kier alpha value is -2.38. The summed E-state index contributed by atoms with van der Waals surface area (Å²) < 4.78 is 32.2. The Bertz CT molecular complexity index is 971. The van der Waals surface area contributed by atoms with E-state index in [2.05, 4.69) is 5.32 Å². The summed E-state index contributed by atoms with van der Waals surface area (Å²) in [7, 11) is -3.67. The number of sulfone groups is 1. The first-order valence-electron chi connectivity index (χ1n) is 11.8. The maximum atomic E-state index is 13.1. The molecular formula is C26H35NO5S. The molecule has 2 aromatic carbocycles. The van der Waals surface area contributed by atoms with Gasteiger partial charge in [-0.3, -0.25) is 4.79 Å². The average Bonchev–Trinajstić information content (AvgIpc) is 2.80. The molecule has 2 aromatic rings. The molecule has 0 saturated carbocycles. The standard InChI is InChI=1S/C26H35NO5S/c28-26(29)19-24(33(30,31)20-22-9-2-1-3-10-22)18-23-11-4-5-12-25(23)32-17-7-6-8-21-13-15-27-16-14-21/h1-5,9-12,21,24,27H,6-8,13-20H2,(H,28,29). The number of hydrogen-bond donors (Lipinski definition) is 2. The molecular weight excluding hydrogens is 438 g/mol. The molecule has 1 atom stereocenters. The molecule has 1 aliphatic heterocycles. The fraction of sp³-hybridized carbons (Fsp3) is 0.500. The van der Waals surface area contributed by atoms with E-state index in [9.17, 15) is 18.3 Å². The number of benzene rings is 2. The van der Waals surface area contributed by atoms with Gasteiger partial charge in [0.1, 0.15) is 5.75 Å². The van der Waals surface area contributed by atoms with Crippen LogP contribution >= 0.6 is 0 Å². The van der Waals surface area contributed by atoms with E-state index in [1.165, 1.54) is 19.3 Å². The summed E-state index contributed by atoms with van der Waals surface area (Å²) in [6.45, 7) is 2.79. The van der Waals surface area contributed by atoms with E-state index >= 15 is 0 Å². The van der Waals surface area contributed by atoms with Crippen LogP contribution in [0.25, 0.3) is 0 Å². The van der Waals surface area contributed by atoms with E-state index in [0.717, 1.165) is 37.4 Å². The fourth-order valence-electron chi connectivity index (χ4n) is 4.39. The maximum Gasteiger partial charge on any atom is 0.304 e. The quantitative estimate of drug-likeness (QED) is 0.423. The minimum Gasteiger partial charge on any atom is -0.493 e.